The number of amides is 1. The normalized spacial score (nSPS) is 9.53. The minimum absolute atomic E-state index is 0.159. The van der Waals surface area contributed by atoms with E-state index in [2.05, 4.69) is 5.32 Å². The fourth-order valence-electron chi connectivity index (χ4n) is 1.25. The van der Waals surface area contributed by atoms with E-state index in [-0.39, 0.29) is 5.91 Å². The quantitative estimate of drug-likeness (QED) is 0.816. The zero-order valence-corrected chi connectivity index (χ0v) is 9.16. The van der Waals surface area contributed by atoms with Crippen molar-refractivity contribution in [3.8, 4) is 11.5 Å². The second kappa shape index (κ2) is 5.24. The predicted octanol–water partition coefficient (Wildman–Crippen LogP) is 1.45. The van der Waals surface area contributed by atoms with E-state index in [4.69, 9.17) is 9.47 Å². The van der Waals surface area contributed by atoms with E-state index in [1.54, 1.807) is 25.3 Å². The number of hydrogen-bond donors (Lipinski definition) is 1. The minimum Gasteiger partial charge on any atom is -0.497 e. The molecule has 15 heavy (non-hydrogen) atoms. The molecule has 0 bridgehead atoms. The Bertz CT molecular complexity index is 350. The Kier molecular flexibility index (Phi) is 3.97. The van der Waals surface area contributed by atoms with Crippen LogP contribution < -0.4 is 14.8 Å². The van der Waals surface area contributed by atoms with Gasteiger partial charge in [-0.1, -0.05) is 0 Å². The summed E-state index contributed by atoms with van der Waals surface area (Å²) >= 11 is 0. The number of methoxy groups -OCH3 is 2. The van der Waals surface area contributed by atoms with Crippen LogP contribution in [0.15, 0.2) is 18.2 Å². The van der Waals surface area contributed by atoms with Crippen LogP contribution in [-0.2, 0) is 0 Å². The maximum atomic E-state index is 11.6. The smallest absolute Gasteiger partial charge is 0.255 e. The van der Waals surface area contributed by atoms with Gasteiger partial charge in [0, 0.05) is 6.54 Å². The van der Waals surface area contributed by atoms with E-state index in [9.17, 15) is 4.79 Å². The highest BCUT2D eigenvalue weighted by Crippen LogP contribution is 2.23. The average molecular weight is 209 g/mol. The van der Waals surface area contributed by atoms with Gasteiger partial charge in [-0.15, -0.1) is 0 Å². The summed E-state index contributed by atoms with van der Waals surface area (Å²) in [4.78, 5) is 11.6. The van der Waals surface area contributed by atoms with Crippen molar-refractivity contribution in [3.05, 3.63) is 23.8 Å². The minimum atomic E-state index is -0.159. The molecule has 0 unspecified atom stereocenters. The number of nitrogens with one attached hydrogen (secondary N) is 1. The topological polar surface area (TPSA) is 47.6 Å². The molecule has 0 spiro atoms. The molecule has 0 radical (unpaired) electrons. The van der Waals surface area contributed by atoms with Crippen LogP contribution in [0.25, 0.3) is 0 Å². The van der Waals surface area contributed by atoms with Gasteiger partial charge in [0.15, 0.2) is 0 Å². The van der Waals surface area contributed by atoms with Gasteiger partial charge in [-0.05, 0) is 25.1 Å². The van der Waals surface area contributed by atoms with Gasteiger partial charge >= 0.3 is 0 Å². The molecule has 0 aliphatic rings. The summed E-state index contributed by atoms with van der Waals surface area (Å²) in [5.74, 6) is 1.02. The molecule has 0 saturated carbocycles. The number of ether oxygens (including phenoxy) is 2. The second-order valence-corrected chi connectivity index (χ2v) is 2.93. The summed E-state index contributed by atoms with van der Waals surface area (Å²) in [7, 11) is 3.09. The molecule has 0 aromatic heterocycles. The van der Waals surface area contributed by atoms with E-state index in [0.717, 1.165) is 0 Å². The standard InChI is InChI=1S/C11H15NO3/c1-4-12-11(13)9-7-8(14-2)5-6-10(9)15-3/h5-7H,4H2,1-3H3,(H,12,13). The lowest BCUT2D eigenvalue weighted by Gasteiger charge is -2.09. The maximum absolute atomic E-state index is 11.6. The number of hydrogen-bond acceptors (Lipinski definition) is 3. The van der Waals surface area contributed by atoms with Gasteiger partial charge in [0.25, 0.3) is 5.91 Å². The third-order valence-electron chi connectivity index (χ3n) is 1.99. The fraction of sp³-hybridized carbons (Fsp3) is 0.364. The lowest BCUT2D eigenvalue weighted by atomic mass is 10.1. The maximum Gasteiger partial charge on any atom is 0.255 e. The van der Waals surface area contributed by atoms with Gasteiger partial charge in [-0.25, -0.2) is 0 Å². The first-order valence-electron chi connectivity index (χ1n) is 4.73. The van der Waals surface area contributed by atoms with Gasteiger partial charge < -0.3 is 14.8 Å². The van der Waals surface area contributed by atoms with Gasteiger partial charge in [-0.2, -0.15) is 0 Å². The Balaban J connectivity index is 3.05. The Labute approximate surface area is 89.2 Å². The van der Waals surface area contributed by atoms with Gasteiger partial charge in [0.2, 0.25) is 0 Å². The number of rotatable bonds is 4. The van der Waals surface area contributed by atoms with Crippen LogP contribution in [0.3, 0.4) is 0 Å². The molecule has 1 N–H and O–H groups in total. The van der Waals surface area contributed by atoms with Crippen molar-refractivity contribution in [1.29, 1.82) is 0 Å². The Morgan fingerprint density at radius 2 is 2.07 bits per heavy atom. The van der Waals surface area contributed by atoms with Crippen LogP contribution in [0.1, 0.15) is 17.3 Å². The average Bonchev–Trinajstić information content (AvgIpc) is 2.28. The molecular weight excluding hydrogens is 194 g/mol. The molecule has 1 aromatic rings. The molecule has 4 nitrogen and oxygen atoms in total. The zero-order chi connectivity index (χ0) is 11.3. The van der Waals surface area contributed by atoms with Crippen molar-refractivity contribution in [3.63, 3.8) is 0 Å². The Hall–Kier alpha value is -1.71. The monoisotopic (exact) mass is 209 g/mol. The Morgan fingerprint density at radius 1 is 1.33 bits per heavy atom. The zero-order valence-electron chi connectivity index (χ0n) is 9.16. The molecular formula is C11H15NO3. The van der Waals surface area contributed by atoms with Crippen molar-refractivity contribution in [2.45, 2.75) is 6.92 Å². The van der Waals surface area contributed by atoms with Crippen molar-refractivity contribution in [2.75, 3.05) is 20.8 Å². The van der Waals surface area contributed by atoms with Crippen LogP contribution >= 0.6 is 0 Å². The third kappa shape index (κ3) is 2.62. The first-order chi connectivity index (χ1) is 7.22. The predicted molar refractivity (Wildman–Crippen MR) is 57.6 cm³/mol. The highest BCUT2D eigenvalue weighted by Gasteiger charge is 2.12. The summed E-state index contributed by atoms with van der Waals surface area (Å²) in [5.41, 5.74) is 0.485. The van der Waals surface area contributed by atoms with Crippen LogP contribution in [0, 0.1) is 0 Å². The first-order valence-corrected chi connectivity index (χ1v) is 4.73. The molecule has 0 heterocycles. The molecule has 0 fully saturated rings. The van der Waals surface area contributed by atoms with Crippen LogP contribution in [-0.4, -0.2) is 26.7 Å². The second-order valence-electron chi connectivity index (χ2n) is 2.93. The van der Waals surface area contributed by atoms with E-state index < -0.39 is 0 Å². The molecule has 1 rings (SSSR count). The first kappa shape index (κ1) is 11.4. The molecule has 0 aliphatic heterocycles. The highest BCUT2D eigenvalue weighted by atomic mass is 16.5. The number of carbonyl (C=O) groups is 1. The van der Waals surface area contributed by atoms with Crippen molar-refractivity contribution >= 4 is 5.91 Å². The lowest BCUT2D eigenvalue weighted by Crippen LogP contribution is -2.23. The molecule has 4 heteroatoms. The lowest BCUT2D eigenvalue weighted by molar-refractivity contribution is 0.0952. The molecule has 1 amide bonds. The van der Waals surface area contributed by atoms with Crippen LogP contribution in [0.5, 0.6) is 11.5 Å². The van der Waals surface area contributed by atoms with Crippen LogP contribution in [0.4, 0.5) is 0 Å². The summed E-state index contributed by atoms with van der Waals surface area (Å²) in [6.45, 7) is 2.45. The number of carbonyl (C=O) groups excluding carboxylic acids is 1. The molecule has 0 aliphatic carbocycles. The highest BCUT2D eigenvalue weighted by molar-refractivity contribution is 5.97. The SMILES string of the molecule is CCNC(=O)c1cc(OC)ccc1OC. The van der Waals surface area contributed by atoms with E-state index in [0.29, 0.717) is 23.6 Å². The fourth-order valence-corrected chi connectivity index (χ4v) is 1.25. The summed E-state index contributed by atoms with van der Waals surface area (Å²) in [6, 6.07) is 5.12. The van der Waals surface area contributed by atoms with E-state index in [1.807, 2.05) is 6.92 Å². The van der Waals surface area contributed by atoms with Gasteiger partial charge in [0.1, 0.15) is 11.5 Å². The van der Waals surface area contributed by atoms with Gasteiger partial charge in [-0.3, -0.25) is 4.79 Å². The van der Waals surface area contributed by atoms with Crippen molar-refractivity contribution < 1.29 is 14.3 Å². The molecule has 0 atom stereocenters. The molecule has 0 saturated heterocycles. The molecule has 82 valence electrons. The Morgan fingerprint density at radius 3 is 2.60 bits per heavy atom. The summed E-state index contributed by atoms with van der Waals surface area (Å²) < 4.78 is 10.1. The summed E-state index contributed by atoms with van der Waals surface area (Å²) in [5, 5.41) is 2.71. The van der Waals surface area contributed by atoms with Crippen molar-refractivity contribution in [1.82, 2.24) is 5.32 Å². The van der Waals surface area contributed by atoms with Crippen molar-refractivity contribution in [2.24, 2.45) is 0 Å². The van der Waals surface area contributed by atoms with Crippen LogP contribution in [0.2, 0.25) is 0 Å². The summed E-state index contributed by atoms with van der Waals surface area (Å²) in [6.07, 6.45) is 0. The van der Waals surface area contributed by atoms with E-state index in [1.165, 1.54) is 7.11 Å². The largest absolute Gasteiger partial charge is 0.497 e. The van der Waals surface area contributed by atoms with E-state index >= 15 is 0 Å². The third-order valence-corrected chi connectivity index (χ3v) is 1.99. The molecule has 1 aromatic carbocycles. The number of benzene rings is 1. The van der Waals surface area contributed by atoms with Gasteiger partial charge in [0.05, 0.1) is 19.8 Å².